The molecule has 0 amide bonds. The van der Waals surface area contributed by atoms with Crippen molar-refractivity contribution in [2.75, 3.05) is 0 Å². The molecule has 0 N–H and O–H groups in total. The van der Waals surface area contributed by atoms with Gasteiger partial charge in [-0.1, -0.05) is 0 Å². The van der Waals surface area contributed by atoms with Crippen LogP contribution in [0.15, 0.2) is 3.33 Å². The second-order valence-corrected chi connectivity index (χ2v) is 1.06. The normalized spacial score (nSPS) is 5.60. The lowest BCUT2D eigenvalue weighted by molar-refractivity contribution is 0.647. The lowest BCUT2D eigenvalue weighted by Crippen LogP contribution is -1.05. The number of nitrogens with zero attached hydrogens (tertiary/aromatic N) is 3. The molecule has 0 rings (SSSR count). The molecule has 5 heavy (non-hydrogen) atoms. The number of rotatable bonds is 1. The molecule has 0 aliphatic rings. The van der Waals surface area contributed by atoms with E-state index in [1.807, 2.05) is 0 Å². The topological polar surface area (TPSA) is 65.8 Å². The highest BCUT2D eigenvalue weighted by Crippen LogP contribution is 1.89. The molecule has 0 fully saturated rings. The van der Waals surface area contributed by atoms with Crippen LogP contribution in [0.2, 0.25) is 0 Å². The molecule has 0 saturated carbocycles. The summed E-state index contributed by atoms with van der Waals surface area (Å²) in [4.78, 5) is 2.22. The smallest absolute Gasteiger partial charge is 0.245 e. The van der Waals surface area contributed by atoms with Crippen molar-refractivity contribution in [3.8, 4) is 0 Å². The molecule has 0 bridgehead atoms. The van der Waals surface area contributed by atoms with Crippen molar-refractivity contribution >= 4 is 21.5 Å². The van der Waals surface area contributed by atoms with Crippen molar-refractivity contribution in [1.29, 1.82) is 0 Å². The average Bonchev–Trinajstić information content (AvgIpc) is 1.41. The largest absolute Gasteiger partial charge is 0.263 e. The molecule has 0 aromatic heterocycles. The summed E-state index contributed by atoms with van der Waals surface area (Å²) in [5.74, 6) is 0. The quantitative estimate of drug-likeness (QED) is 0.264. The Bertz CT molecular complexity index is 71.0. The lowest BCUT2D eigenvalue weighted by atomic mass is 13.0. The van der Waals surface area contributed by atoms with Crippen molar-refractivity contribution < 1.29 is 3.07 Å². The van der Waals surface area contributed by atoms with Gasteiger partial charge in [-0.15, -0.1) is 0 Å². The Labute approximate surface area is 38.8 Å². The average molecular weight is 185 g/mol. The fourth-order valence-corrected chi connectivity index (χ4v) is 0.0926. The van der Waals surface area contributed by atoms with Crippen molar-refractivity contribution in [2.45, 2.75) is 0 Å². The van der Waals surface area contributed by atoms with Gasteiger partial charge < -0.3 is 0 Å². The van der Waals surface area contributed by atoms with Gasteiger partial charge in [0.15, 0.2) is 0 Å². The van der Waals surface area contributed by atoms with Gasteiger partial charge in [0.1, 0.15) is 0 Å². The van der Waals surface area contributed by atoms with E-state index in [0.717, 1.165) is 0 Å². The zero-order chi connectivity index (χ0) is 4.12. The van der Waals surface area contributed by atoms with Crippen LogP contribution in [0.5, 0.6) is 0 Å². The predicted molar refractivity (Wildman–Crippen MR) is 23.9 cm³/mol. The minimum atomic E-state index is -1.43. The fourth-order valence-electron chi connectivity index (χ4n) is 0.0138. The molecule has 0 spiro atoms. The van der Waals surface area contributed by atoms with Gasteiger partial charge in [0.25, 0.3) is 0 Å². The van der Waals surface area contributed by atoms with Gasteiger partial charge in [0.05, 0.1) is 0 Å². The summed E-state index contributed by atoms with van der Waals surface area (Å²) in [6, 6.07) is 0. The van der Waals surface area contributed by atoms with E-state index < -0.39 is 21.5 Å². The molecular formula is IN3O. The third-order valence-electron chi connectivity index (χ3n) is 0.0647. The first-order chi connectivity index (χ1) is 2.41. The Kier molecular flexibility index (Phi) is 3.72. The van der Waals surface area contributed by atoms with Gasteiger partial charge >= 0.3 is 0 Å². The van der Waals surface area contributed by atoms with Crippen LogP contribution in [0.1, 0.15) is 0 Å². The minimum absolute atomic E-state index is 1.43. The van der Waals surface area contributed by atoms with Gasteiger partial charge in [-0.25, -0.2) is 0 Å². The molecule has 0 aromatic carbocycles. The van der Waals surface area contributed by atoms with Crippen LogP contribution >= 0.6 is 21.5 Å². The van der Waals surface area contributed by atoms with E-state index in [2.05, 4.69) is 8.24 Å². The molecular weight excluding hydrogens is 185 g/mol. The number of hydrogen-bond donors (Lipinski definition) is 0. The Morgan fingerprint density at radius 1 is 2.00 bits per heavy atom. The number of halogens is 1. The van der Waals surface area contributed by atoms with Gasteiger partial charge in [-0.05, 0) is 5.53 Å². The maximum atomic E-state index is 9.22. The maximum Gasteiger partial charge on any atom is 0.245 e. The summed E-state index contributed by atoms with van der Waals surface area (Å²) in [7, 11) is 0. The van der Waals surface area contributed by atoms with Gasteiger partial charge in [-0.2, -0.15) is 0 Å². The molecule has 4 nitrogen and oxygen atoms in total. The highest BCUT2D eigenvalue weighted by molar-refractivity contribution is 14.1. The van der Waals surface area contributed by atoms with Crippen LogP contribution in [-0.4, -0.2) is 0 Å². The van der Waals surface area contributed by atoms with E-state index in [0.29, 0.717) is 0 Å². The van der Waals surface area contributed by atoms with Gasteiger partial charge in [-0.3, -0.25) is 3.07 Å². The Morgan fingerprint density at radius 2 is 2.60 bits per heavy atom. The van der Waals surface area contributed by atoms with Crippen molar-refractivity contribution in [3.63, 3.8) is 0 Å². The Morgan fingerprint density at radius 3 is 2.60 bits per heavy atom. The summed E-state index contributed by atoms with van der Waals surface area (Å²) in [5, 5.41) is 0. The molecule has 0 saturated heterocycles. The van der Waals surface area contributed by atoms with Crippen LogP contribution in [-0.2, 0) is 3.07 Å². The van der Waals surface area contributed by atoms with Gasteiger partial charge in [0, 0.05) is 8.24 Å². The van der Waals surface area contributed by atoms with Crippen LogP contribution in [0.3, 0.4) is 0 Å². The second-order valence-electron chi connectivity index (χ2n) is 0.234. The summed E-state index contributed by atoms with van der Waals surface area (Å²) in [6.45, 7) is 0. The summed E-state index contributed by atoms with van der Waals surface area (Å²) < 4.78 is 11.9. The van der Waals surface area contributed by atoms with Crippen LogP contribution in [0, 0.1) is 0 Å². The Balaban J connectivity index is 3.31. The second kappa shape index (κ2) is 3.84. The van der Waals surface area contributed by atoms with E-state index in [1.54, 1.807) is 0 Å². The molecule has 0 aliphatic carbocycles. The number of azide groups is 1. The first kappa shape index (κ1) is 4.84. The van der Waals surface area contributed by atoms with Crippen LogP contribution < -0.4 is 0 Å². The molecule has 0 aliphatic heterocycles. The third kappa shape index (κ3) is 3.84. The zero-order valence-corrected chi connectivity index (χ0v) is 4.29. The minimum Gasteiger partial charge on any atom is -0.263 e. The maximum absolute atomic E-state index is 9.22. The molecule has 0 aromatic rings. The highest BCUT2D eigenvalue weighted by Gasteiger charge is 1.49. The van der Waals surface area contributed by atoms with E-state index in [1.165, 1.54) is 0 Å². The van der Waals surface area contributed by atoms with E-state index in [9.17, 15) is 3.07 Å². The molecule has 0 radical (unpaired) electrons. The molecule has 28 valence electrons. The zero-order valence-electron chi connectivity index (χ0n) is 2.13. The third-order valence-corrected chi connectivity index (χ3v) is 0.434. The van der Waals surface area contributed by atoms with E-state index in [4.69, 9.17) is 5.53 Å². The standard InChI is InChI=1S/IN3O/c2-4-3-1-5. The van der Waals surface area contributed by atoms with E-state index in [-0.39, 0.29) is 0 Å². The van der Waals surface area contributed by atoms with Crippen molar-refractivity contribution in [1.82, 2.24) is 0 Å². The number of hydrogen-bond acceptors (Lipinski definition) is 1. The monoisotopic (exact) mass is 185 g/mol. The van der Waals surface area contributed by atoms with Crippen molar-refractivity contribution in [3.05, 3.63) is 10.4 Å². The first-order valence-electron chi connectivity index (χ1n) is 0.723. The first-order valence-corrected chi connectivity index (χ1v) is 2.57. The predicted octanol–water partition coefficient (Wildman–Crippen LogP) is 1.53. The molecule has 0 heterocycles. The lowest BCUT2D eigenvalue weighted by Gasteiger charge is -1.36. The van der Waals surface area contributed by atoms with Crippen LogP contribution in [0.4, 0.5) is 0 Å². The van der Waals surface area contributed by atoms with E-state index >= 15 is 0 Å². The highest BCUT2D eigenvalue weighted by atomic mass is 127. The molecule has 0 atom stereocenters. The Hall–Kier alpha value is -0.160. The van der Waals surface area contributed by atoms with Crippen LogP contribution in [0.25, 0.3) is 10.4 Å². The SMILES string of the molecule is [N-]=[N+]=NI=O. The van der Waals surface area contributed by atoms with Crippen molar-refractivity contribution in [2.24, 2.45) is 3.33 Å². The van der Waals surface area contributed by atoms with Gasteiger partial charge in [0.2, 0.25) is 21.5 Å². The molecule has 0 unspecified atom stereocenters. The molecule has 5 heteroatoms. The summed E-state index contributed by atoms with van der Waals surface area (Å²) in [5.41, 5.74) is 7.35. The fraction of sp³-hybridized carbons (Fsp3) is 0. The summed E-state index contributed by atoms with van der Waals surface area (Å²) in [6.07, 6.45) is 0. The summed E-state index contributed by atoms with van der Waals surface area (Å²) >= 11 is -1.43.